The Hall–Kier alpha value is -0.370. The number of nitrogens with one attached hydrogen (secondary N) is 4. The Kier molecular flexibility index (Phi) is 8.54. The zero-order valence-corrected chi connectivity index (χ0v) is 13.1. The molecule has 0 aliphatic carbocycles. The second kappa shape index (κ2) is 8.74. The van der Waals surface area contributed by atoms with Crippen molar-refractivity contribution >= 4 is 48.5 Å². The predicted molar refractivity (Wildman–Crippen MR) is 81.9 cm³/mol. The van der Waals surface area contributed by atoms with Crippen LogP contribution in [-0.4, -0.2) is 23.5 Å². The maximum Gasteiger partial charge on any atom is 0.0969 e. The van der Waals surface area contributed by atoms with E-state index < -0.39 is 0 Å². The van der Waals surface area contributed by atoms with Gasteiger partial charge in [0.1, 0.15) is 0 Å². The summed E-state index contributed by atoms with van der Waals surface area (Å²) in [6.07, 6.45) is 3.64. The maximum atomic E-state index is 7.61. The van der Waals surface area contributed by atoms with Crippen molar-refractivity contribution < 1.29 is 0 Å². The predicted octanol–water partition coefficient (Wildman–Crippen LogP) is 2.76. The zero-order chi connectivity index (χ0) is 12.6. The molecule has 0 aromatic heterocycles. The van der Waals surface area contributed by atoms with Gasteiger partial charge in [0.05, 0.1) is 8.32 Å². The van der Waals surface area contributed by atoms with Gasteiger partial charge in [-0.05, 0) is 45.4 Å². The second-order valence-corrected chi connectivity index (χ2v) is 4.83. The Morgan fingerprint density at radius 1 is 1.50 bits per heavy atom. The van der Waals surface area contributed by atoms with E-state index in [0.717, 1.165) is 22.3 Å². The van der Waals surface area contributed by atoms with E-state index in [9.17, 15) is 0 Å². The third-order valence-corrected chi connectivity index (χ3v) is 3.25. The summed E-state index contributed by atoms with van der Waals surface area (Å²) in [4.78, 5) is 0. The Morgan fingerprint density at radius 3 is 2.50 bits per heavy atom. The van der Waals surface area contributed by atoms with E-state index in [2.05, 4.69) is 26.6 Å². The number of hydrogen-bond acceptors (Lipinski definition) is 4. The fraction of sp³-hybridized carbons (Fsp3) is 0.400. The molecule has 0 fully saturated rings. The van der Waals surface area contributed by atoms with Gasteiger partial charge in [-0.25, -0.2) is 0 Å². The summed E-state index contributed by atoms with van der Waals surface area (Å²) in [7, 11) is 1.80. The molecule has 0 spiro atoms. The van der Waals surface area contributed by atoms with Crippen LogP contribution in [0.25, 0.3) is 0 Å². The number of halogens is 2. The minimum Gasteiger partial charge on any atom is -0.394 e. The molecule has 0 aromatic rings. The van der Waals surface area contributed by atoms with Gasteiger partial charge >= 0.3 is 0 Å². The quantitative estimate of drug-likeness (QED) is 0.302. The smallest absolute Gasteiger partial charge is 0.0969 e. The summed E-state index contributed by atoms with van der Waals surface area (Å²) in [6.45, 7) is 2.79. The van der Waals surface area contributed by atoms with E-state index in [0.29, 0.717) is 10.1 Å². The van der Waals surface area contributed by atoms with E-state index in [1.165, 1.54) is 6.21 Å². The lowest BCUT2D eigenvalue weighted by Gasteiger charge is -2.09. The lowest BCUT2D eigenvalue weighted by molar-refractivity contribution is 0.897. The summed E-state index contributed by atoms with van der Waals surface area (Å²) in [5, 5.41) is 21.0. The molecule has 6 heteroatoms. The molecule has 0 aliphatic heterocycles. The summed E-state index contributed by atoms with van der Waals surface area (Å²) in [6, 6.07) is 0. The number of rotatable bonds is 7. The molecule has 0 rings (SSSR count). The average Bonchev–Trinajstić information content (AvgIpc) is 2.24. The summed E-state index contributed by atoms with van der Waals surface area (Å²) in [5.74, 6) is 0. The van der Waals surface area contributed by atoms with Crippen molar-refractivity contribution in [3.05, 3.63) is 22.0 Å². The number of allylic oxidation sites excluding steroid dienone is 2. The van der Waals surface area contributed by atoms with Crippen LogP contribution in [0.4, 0.5) is 0 Å². The molecule has 4 N–H and O–H groups in total. The van der Waals surface area contributed by atoms with Gasteiger partial charge in [0, 0.05) is 43.6 Å². The van der Waals surface area contributed by atoms with Gasteiger partial charge in [-0.1, -0.05) is 0 Å². The molecule has 0 unspecified atom stereocenters. The highest BCUT2D eigenvalue weighted by Gasteiger charge is 2.07. The minimum atomic E-state index is 0.475. The molecular formula is C10H16BrIN4. The monoisotopic (exact) mass is 398 g/mol. The van der Waals surface area contributed by atoms with Crippen LogP contribution in [0.1, 0.15) is 13.3 Å². The highest BCUT2D eigenvalue weighted by molar-refractivity contribution is 14.1. The maximum absolute atomic E-state index is 7.61. The normalized spacial score (nSPS) is 12.9. The molecule has 0 saturated carbocycles. The molecule has 0 bridgehead atoms. The third-order valence-electron chi connectivity index (χ3n) is 1.77. The molecule has 90 valence electrons. The van der Waals surface area contributed by atoms with Crippen LogP contribution in [0.15, 0.2) is 22.0 Å². The van der Waals surface area contributed by atoms with E-state index in [-0.39, 0.29) is 0 Å². The van der Waals surface area contributed by atoms with Gasteiger partial charge in [0.2, 0.25) is 0 Å². The van der Waals surface area contributed by atoms with E-state index in [1.807, 2.05) is 29.5 Å². The highest BCUT2D eigenvalue weighted by atomic mass is 127. The highest BCUT2D eigenvalue weighted by Crippen LogP contribution is 2.18. The van der Waals surface area contributed by atoms with Crippen molar-refractivity contribution in [1.82, 2.24) is 10.6 Å². The van der Waals surface area contributed by atoms with Gasteiger partial charge in [-0.15, -0.1) is 0 Å². The van der Waals surface area contributed by atoms with Crippen LogP contribution < -0.4 is 10.6 Å². The molecule has 0 saturated heterocycles. The van der Waals surface area contributed by atoms with Crippen LogP contribution in [0.5, 0.6) is 0 Å². The minimum absolute atomic E-state index is 0.475. The second-order valence-electron chi connectivity index (χ2n) is 2.96. The lowest BCUT2D eigenvalue weighted by Crippen LogP contribution is -2.12. The van der Waals surface area contributed by atoms with Crippen LogP contribution in [0.3, 0.4) is 0 Å². The standard InChI is InChI=1S/C10H16BrIN4/c1-3-16-9(11)7(5-13)4-8(6-15-2)10(12)14/h5-6,13-16H,3-4H2,1-2H3/b8-6-,9-7-,13-5?,14-10?. The van der Waals surface area contributed by atoms with Crippen LogP contribution in [0, 0.1) is 10.8 Å². The Labute approximate surface area is 118 Å². The molecule has 4 nitrogen and oxygen atoms in total. The van der Waals surface area contributed by atoms with Crippen LogP contribution in [0.2, 0.25) is 0 Å². The molecule has 0 aliphatic rings. The molecule has 16 heavy (non-hydrogen) atoms. The Balaban J connectivity index is 4.89. The van der Waals surface area contributed by atoms with Crippen molar-refractivity contribution in [2.24, 2.45) is 0 Å². The fourth-order valence-electron chi connectivity index (χ4n) is 1.03. The third kappa shape index (κ3) is 5.64. The molecule has 0 amide bonds. The zero-order valence-electron chi connectivity index (χ0n) is 9.32. The summed E-state index contributed by atoms with van der Waals surface area (Å²) in [5.41, 5.74) is 1.68. The van der Waals surface area contributed by atoms with E-state index in [4.69, 9.17) is 10.8 Å². The molecule has 0 atom stereocenters. The molecule has 0 aromatic carbocycles. The first kappa shape index (κ1) is 15.6. The van der Waals surface area contributed by atoms with Crippen molar-refractivity contribution in [3.63, 3.8) is 0 Å². The molecule has 0 heterocycles. The fourth-order valence-corrected chi connectivity index (χ4v) is 1.91. The van der Waals surface area contributed by atoms with E-state index in [1.54, 1.807) is 13.2 Å². The van der Waals surface area contributed by atoms with Crippen molar-refractivity contribution in [2.45, 2.75) is 13.3 Å². The van der Waals surface area contributed by atoms with Crippen LogP contribution in [-0.2, 0) is 0 Å². The number of hydrogen-bond donors (Lipinski definition) is 4. The van der Waals surface area contributed by atoms with Gasteiger partial charge in [0.15, 0.2) is 0 Å². The Bertz CT molecular complexity index is 323. The van der Waals surface area contributed by atoms with Gasteiger partial charge in [0.25, 0.3) is 0 Å². The Morgan fingerprint density at radius 2 is 2.12 bits per heavy atom. The first-order valence-electron chi connectivity index (χ1n) is 4.80. The summed E-state index contributed by atoms with van der Waals surface area (Å²) < 4.78 is 1.28. The molecule has 0 radical (unpaired) electrons. The van der Waals surface area contributed by atoms with Crippen molar-refractivity contribution in [1.29, 1.82) is 10.8 Å². The molecular weight excluding hydrogens is 383 g/mol. The summed E-state index contributed by atoms with van der Waals surface area (Å²) >= 11 is 5.35. The first-order chi connectivity index (χ1) is 7.56. The van der Waals surface area contributed by atoms with Crippen LogP contribution >= 0.6 is 38.5 Å². The average molecular weight is 399 g/mol. The van der Waals surface area contributed by atoms with Gasteiger partial charge in [-0.2, -0.15) is 0 Å². The first-order valence-corrected chi connectivity index (χ1v) is 6.67. The van der Waals surface area contributed by atoms with E-state index >= 15 is 0 Å². The lowest BCUT2D eigenvalue weighted by atomic mass is 10.1. The van der Waals surface area contributed by atoms with Crippen molar-refractivity contribution in [2.75, 3.05) is 13.6 Å². The SMILES string of the molecule is CCN/C(Br)=C(\C=N)C/C(=C/NC)C(=N)I. The largest absolute Gasteiger partial charge is 0.394 e. The van der Waals surface area contributed by atoms with Gasteiger partial charge in [-0.3, -0.25) is 5.41 Å². The van der Waals surface area contributed by atoms with Crippen molar-refractivity contribution in [3.8, 4) is 0 Å². The van der Waals surface area contributed by atoms with Gasteiger partial charge < -0.3 is 16.0 Å². The topological polar surface area (TPSA) is 71.8 Å².